The van der Waals surface area contributed by atoms with Gasteiger partial charge in [-0.05, 0) is 25.2 Å². The van der Waals surface area contributed by atoms with Crippen LogP contribution in [0.3, 0.4) is 0 Å². The Hall–Kier alpha value is -0.240. The molecule has 0 fully saturated rings. The molecule has 0 spiro atoms. The van der Waals surface area contributed by atoms with Gasteiger partial charge < -0.3 is 0 Å². The molecule has 0 bridgehead atoms. The molecule has 1 nitrogen and oxygen atoms in total. The summed E-state index contributed by atoms with van der Waals surface area (Å²) >= 11 is 1.70. The quantitative estimate of drug-likeness (QED) is 0.453. The average molecular weight is 157 g/mol. The predicted octanol–water partition coefficient (Wildman–Crippen LogP) is 3.08. The molecule has 0 aromatic heterocycles. The number of hydrogen-bond acceptors (Lipinski definition) is 2. The highest BCUT2D eigenvalue weighted by atomic mass is 32.2. The fourth-order valence-corrected chi connectivity index (χ4v) is 1.09. The Morgan fingerprint density at radius 1 is 1.50 bits per heavy atom. The predicted molar refractivity (Wildman–Crippen MR) is 50.7 cm³/mol. The molecule has 58 valence electrons. The summed E-state index contributed by atoms with van der Waals surface area (Å²) in [5.74, 6) is 0. The Labute approximate surface area is 67.6 Å². The smallest absolute Gasteiger partial charge is 0.0582 e. The first-order valence-corrected chi connectivity index (χ1v) is 4.34. The second kappa shape index (κ2) is 5.54. The maximum Gasteiger partial charge on any atom is 0.0582 e. The average Bonchev–Trinajstić information content (AvgIpc) is 1.98. The van der Waals surface area contributed by atoms with Gasteiger partial charge in [-0.15, -0.1) is 0 Å². The van der Waals surface area contributed by atoms with E-state index in [0.29, 0.717) is 0 Å². The van der Waals surface area contributed by atoms with Gasteiger partial charge in [0.2, 0.25) is 0 Å². The van der Waals surface area contributed by atoms with Gasteiger partial charge in [0, 0.05) is 7.05 Å². The van der Waals surface area contributed by atoms with Crippen LogP contribution in [-0.2, 0) is 0 Å². The Bertz CT molecular complexity index is 147. The van der Waals surface area contributed by atoms with Crippen molar-refractivity contribution in [3.8, 4) is 0 Å². The zero-order chi connectivity index (χ0) is 7.98. The van der Waals surface area contributed by atoms with Gasteiger partial charge in [-0.25, -0.2) is 0 Å². The largest absolute Gasteiger partial charge is 0.289 e. The first-order valence-electron chi connectivity index (χ1n) is 3.46. The van der Waals surface area contributed by atoms with E-state index in [0.717, 1.165) is 6.42 Å². The molecule has 0 aliphatic carbocycles. The summed E-state index contributed by atoms with van der Waals surface area (Å²) in [4.78, 5) is 5.26. The molecule has 0 atom stereocenters. The summed E-state index contributed by atoms with van der Waals surface area (Å²) in [6.45, 7) is 6.46. The minimum absolute atomic E-state index is 1.14. The van der Waals surface area contributed by atoms with Gasteiger partial charge in [0.15, 0.2) is 0 Å². The van der Waals surface area contributed by atoms with Gasteiger partial charge in [-0.1, -0.05) is 24.3 Å². The number of thioether (sulfide) groups is 1. The lowest BCUT2D eigenvalue weighted by Gasteiger charge is -1.99. The highest BCUT2D eigenvalue weighted by Gasteiger charge is 1.91. The minimum Gasteiger partial charge on any atom is -0.289 e. The van der Waals surface area contributed by atoms with Crippen molar-refractivity contribution in [2.75, 3.05) is 7.05 Å². The molecule has 0 rings (SSSR count). The zero-order valence-electron chi connectivity index (χ0n) is 7.14. The summed E-state index contributed by atoms with van der Waals surface area (Å²) in [7, 11) is 1.79. The number of aliphatic imine (C=N–C) groups is 1. The van der Waals surface area contributed by atoms with Crippen LogP contribution in [0.1, 0.15) is 27.2 Å². The monoisotopic (exact) mass is 157 g/mol. The normalized spacial score (nSPS) is 14.0. The van der Waals surface area contributed by atoms with Crippen molar-refractivity contribution in [2.24, 2.45) is 4.99 Å². The van der Waals surface area contributed by atoms with Crippen LogP contribution in [-0.4, -0.2) is 12.6 Å². The Balaban J connectivity index is 3.91. The van der Waals surface area contributed by atoms with Gasteiger partial charge in [-0.2, -0.15) is 0 Å². The summed E-state index contributed by atoms with van der Waals surface area (Å²) in [6, 6.07) is 0. The van der Waals surface area contributed by atoms with Crippen molar-refractivity contribution >= 4 is 17.3 Å². The van der Waals surface area contributed by atoms with Crippen LogP contribution < -0.4 is 0 Å². The highest BCUT2D eigenvalue weighted by Crippen LogP contribution is 2.18. The van der Waals surface area contributed by atoms with Crippen LogP contribution in [0.2, 0.25) is 0 Å². The van der Waals surface area contributed by atoms with E-state index >= 15 is 0 Å². The van der Waals surface area contributed by atoms with Gasteiger partial charge in [-0.3, -0.25) is 4.99 Å². The topological polar surface area (TPSA) is 12.4 Å². The Morgan fingerprint density at radius 3 is 2.50 bits per heavy atom. The third-order valence-electron chi connectivity index (χ3n) is 1.47. The lowest BCUT2D eigenvalue weighted by Crippen LogP contribution is -1.77. The molecule has 2 heteroatoms. The van der Waals surface area contributed by atoms with Gasteiger partial charge in [0.1, 0.15) is 0 Å². The lowest BCUT2D eigenvalue weighted by atomic mass is 10.2. The molecule has 0 amide bonds. The first-order chi connectivity index (χ1) is 4.72. The Kier molecular flexibility index (Phi) is 5.40. The lowest BCUT2D eigenvalue weighted by molar-refractivity contribution is 1.09. The maximum absolute atomic E-state index is 3.90. The van der Waals surface area contributed by atoms with E-state index < -0.39 is 0 Å². The van der Waals surface area contributed by atoms with E-state index in [4.69, 9.17) is 0 Å². The molecular formula is C8H15NS. The van der Waals surface area contributed by atoms with Gasteiger partial charge >= 0.3 is 0 Å². The number of hydrogen-bond donors (Lipinski definition) is 0. The molecule has 0 aliphatic heterocycles. The molecule has 0 saturated carbocycles. The molecular weight excluding hydrogens is 142 g/mol. The van der Waals surface area contributed by atoms with E-state index in [1.54, 1.807) is 18.8 Å². The summed E-state index contributed by atoms with van der Waals surface area (Å²) in [5, 5.41) is 0. The highest BCUT2D eigenvalue weighted by molar-refractivity contribution is 8.15. The second-order valence-corrected chi connectivity index (χ2v) is 3.23. The fourth-order valence-electron chi connectivity index (χ4n) is 0.481. The van der Waals surface area contributed by atoms with Crippen LogP contribution in [0.15, 0.2) is 15.5 Å². The third-order valence-corrected chi connectivity index (χ3v) is 2.48. The first kappa shape index (κ1) is 9.76. The van der Waals surface area contributed by atoms with Crippen molar-refractivity contribution in [2.45, 2.75) is 27.2 Å². The molecule has 0 aromatic rings. The number of rotatable bonds is 3. The van der Waals surface area contributed by atoms with E-state index in [1.807, 2.05) is 5.55 Å². The molecule has 0 aliphatic rings. The van der Waals surface area contributed by atoms with E-state index in [2.05, 4.69) is 25.8 Å². The maximum atomic E-state index is 3.90. The van der Waals surface area contributed by atoms with Crippen LogP contribution in [0.25, 0.3) is 0 Å². The van der Waals surface area contributed by atoms with Crippen molar-refractivity contribution in [1.29, 1.82) is 0 Å². The van der Waals surface area contributed by atoms with Crippen molar-refractivity contribution in [1.82, 2.24) is 0 Å². The molecule has 0 N–H and O–H groups in total. The molecule has 0 aromatic carbocycles. The number of allylic oxidation sites excluding steroid dienone is 2. The van der Waals surface area contributed by atoms with Gasteiger partial charge in [0.25, 0.3) is 0 Å². The van der Waals surface area contributed by atoms with Crippen LogP contribution in [0, 0.1) is 0 Å². The van der Waals surface area contributed by atoms with Crippen molar-refractivity contribution < 1.29 is 0 Å². The molecule has 0 heterocycles. The van der Waals surface area contributed by atoms with Crippen molar-refractivity contribution in [3.05, 3.63) is 10.5 Å². The van der Waals surface area contributed by atoms with Gasteiger partial charge in [0.05, 0.1) is 5.55 Å². The van der Waals surface area contributed by atoms with E-state index in [9.17, 15) is 0 Å². The van der Waals surface area contributed by atoms with E-state index in [1.165, 1.54) is 10.5 Å². The van der Waals surface area contributed by atoms with Crippen LogP contribution in [0.4, 0.5) is 0 Å². The molecule has 0 unspecified atom stereocenters. The minimum atomic E-state index is 1.14. The Morgan fingerprint density at radius 2 is 2.10 bits per heavy atom. The molecule has 10 heavy (non-hydrogen) atoms. The molecule has 0 saturated heterocycles. The summed E-state index contributed by atoms with van der Waals surface area (Å²) < 4.78 is 0. The zero-order valence-corrected chi connectivity index (χ0v) is 7.96. The third kappa shape index (κ3) is 3.72. The fraction of sp³-hybridized carbons (Fsp3) is 0.625. The van der Waals surface area contributed by atoms with Crippen LogP contribution >= 0.6 is 11.8 Å². The SMILES string of the molecule is CC/C(C)=C(/C)SC=NC. The molecule has 0 radical (unpaired) electrons. The standard InChI is InChI=1S/C8H15NS/c1-5-7(2)8(3)10-6-9-4/h6H,5H2,1-4H3/b8-7-,9-6?. The summed E-state index contributed by atoms with van der Waals surface area (Å²) in [5.41, 5.74) is 3.32. The second-order valence-electron chi connectivity index (χ2n) is 2.17. The number of nitrogens with zero attached hydrogens (tertiary/aromatic N) is 1. The summed E-state index contributed by atoms with van der Waals surface area (Å²) in [6.07, 6.45) is 1.14. The van der Waals surface area contributed by atoms with Crippen molar-refractivity contribution in [3.63, 3.8) is 0 Å². The van der Waals surface area contributed by atoms with E-state index in [-0.39, 0.29) is 0 Å². The van der Waals surface area contributed by atoms with Crippen LogP contribution in [0.5, 0.6) is 0 Å².